The molecule has 2 atom stereocenters. The van der Waals surface area contributed by atoms with Gasteiger partial charge < -0.3 is 18.8 Å². The summed E-state index contributed by atoms with van der Waals surface area (Å²) < 4.78 is 18.9. The number of aromatic nitrogens is 2. The van der Waals surface area contributed by atoms with Crippen LogP contribution < -0.4 is 20.4 Å². The highest BCUT2D eigenvalue weighted by Gasteiger charge is 2.24. The minimum Gasteiger partial charge on any atom is -0.497 e. The number of imidazole rings is 1. The molecule has 7 heteroatoms. The fraction of sp³-hybridized carbons (Fsp3) is 0.361. The second-order valence-corrected chi connectivity index (χ2v) is 10.7. The second-order valence-electron chi connectivity index (χ2n) is 10.5. The second kappa shape index (κ2) is 18.9. The van der Waals surface area contributed by atoms with Crippen LogP contribution in [-0.2, 0) is 17.7 Å². The summed E-state index contributed by atoms with van der Waals surface area (Å²) in [5, 5.41) is 0. The molecule has 4 aromatic rings. The van der Waals surface area contributed by atoms with Crippen LogP contribution in [0.2, 0.25) is 6.32 Å². The first-order chi connectivity index (χ1) is 21.1. The fourth-order valence-corrected chi connectivity index (χ4v) is 5.61. The molecular formula is C36H46BClN2O3. The maximum atomic E-state index is 5.72. The predicted molar refractivity (Wildman–Crippen MR) is 182 cm³/mol. The van der Waals surface area contributed by atoms with Crippen LogP contribution >= 0.6 is 11.6 Å². The van der Waals surface area contributed by atoms with E-state index in [0.29, 0.717) is 5.92 Å². The van der Waals surface area contributed by atoms with Crippen LogP contribution in [0.5, 0.6) is 11.5 Å². The lowest BCUT2D eigenvalue weighted by Gasteiger charge is -2.18. The highest BCUT2D eigenvalue weighted by atomic mass is 35.5. The molecule has 1 heterocycles. The third kappa shape index (κ3) is 10.3. The Morgan fingerprint density at radius 2 is 1.49 bits per heavy atom. The van der Waals surface area contributed by atoms with Gasteiger partial charge in [0.2, 0.25) is 6.71 Å². The summed E-state index contributed by atoms with van der Waals surface area (Å²) in [5.74, 6) is 2.36. The first kappa shape index (κ1) is 34.0. The molecule has 0 radical (unpaired) electrons. The van der Waals surface area contributed by atoms with Gasteiger partial charge in [-0.1, -0.05) is 91.3 Å². The molecule has 228 valence electrons. The predicted octanol–water partition coefficient (Wildman–Crippen LogP) is 7.50. The van der Waals surface area contributed by atoms with E-state index in [2.05, 4.69) is 65.9 Å². The van der Waals surface area contributed by atoms with E-state index in [0.717, 1.165) is 54.7 Å². The maximum absolute atomic E-state index is 5.72. The van der Waals surface area contributed by atoms with Crippen molar-refractivity contribution >= 4 is 29.2 Å². The van der Waals surface area contributed by atoms with Crippen molar-refractivity contribution in [3.8, 4) is 11.5 Å². The van der Waals surface area contributed by atoms with Gasteiger partial charge in [0.1, 0.15) is 11.5 Å². The van der Waals surface area contributed by atoms with Gasteiger partial charge in [0, 0.05) is 25.0 Å². The van der Waals surface area contributed by atoms with Crippen molar-refractivity contribution in [3.63, 3.8) is 0 Å². The van der Waals surface area contributed by atoms with Gasteiger partial charge in [-0.25, -0.2) is 4.98 Å². The number of ether oxygens (including phenoxy) is 3. The van der Waals surface area contributed by atoms with E-state index in [1.165, 1.54) is 17.7 Å². The molecule has 0 aliphatic carbocycles. The van der Waals surface area contributed by atoms with Gasteiger partial charge in [0.15, 0.2) is 0 Å². The van der Waals surface area contributed by atoms with Gasteiger partial charge in [0.25, 0.3) is 0 Å². The zero-order chi connectivity index (χ0) is 30.9. The highest BCUT2D eigenvalue weighted by Crippen LogP contribution is 2.25. The molecule has 43 heavy (non-hydrogen) atoms. The lowest BCUT2D eigenvalue weighted by molar-refractivity contribution is 0.0634. The van der Waals surface area contributed by atoms with Gasteiger partial charge in [0.05, 0.1) is 26.7 Å². The monoisotopic (exact) mass is 600 g/mol. The van der Waals surface area contributed by atoms with E-state index in [4.69, 9.17) is 25.8 Å². The van der Waals surface area contributed by atoms with E-state index in [9.17, 15) is 0 Å². The Morgan fingerprint density at radius 3 is 2.05 bits per heavy atom. The number of nitrogens with zero attached hydrogens (tertiary/aromatic N) is 2. The SMILES string of the molecule is CCOC(C)Cn1cncc1CCC(CC)c1ccccc1.COc1ccccc1B(CC=CCl)c1ccccc1OC. The third-order valence-electron chi connectivity index (χ3n) is 7.71. The van der Waals surface area contributed by atoms with Gasteiger partial charge in [-0.2, -0.15) is 0 Å². The van der Waals surface area contributed by atoms with Crippen molar-refractivity contribution in [2.45, 2.75) is 64.9 Å². The molecule has 2 unspecified atom stereocenters. The van der Waals surface area contributed by atoms with Crippen LogP contribution in [0, 0.1) is 0 Å². The van der Waals surface area contributed by atoms with Crippen molar-refractivity contribution in [1.29, 1.82) is 0 Å². The van der Waals surface area contributed by atoms with Crippen LogP contribution in [0.1, 0.15) is 50.8 Å². The molecule has 0 saturated heterocycles. The number of halogens is 1. The molecule has 1 aromatic heterocycles. The fourth-order valence-electron chi connectivity index (χ4n) is 5.51. The molecule has 0 spiro atoms. The minimum atomic E-state index is 0.132. The molecule has 0 bridgehead atoms. The van der Waals surface area contributed by atoms with E-state index in [1.807, 2.05) is 61.9 Å². The zero-order valence-corrected chi connectivity index (χ0v) is 27.0. The summed E-state index contributed by atoms with van der Waals surface area (Å²) in [6.45, 7) is 8.20. The number of hydrogen-bond donors (Lipinski definition) is 0. The maximum Gasteiger partial charge on any atom is 0.222 e. The van der Waals surface area contributed by atoms with Crippen molar-refractivity contribution in [2.75, 3.05) is 20.8 Å². The van der Waals surface area contributed by atoms with Crippen LogP contribution in [0.3, 0.4) is 0 Å². The average molecular weight is 601 g/mol. The number of benzene rings is 3. The Labute approximate surface area is 263 Å². The average Bonchev–Trinajstić information content (AvgIpc) is 3.49. The smallest absolute Gasteiger partial charge is 0.222 e. The topological polar surface area (TPSA) is 45.5 Å². The normalized spacial score (nSPS) is 12.3. The molecule has 0 amide bonds. The summed E-state index contributed by atoms with van der Waals surface area (Å²) in [7, 11) is 3.38. The molecule has 0 N–H and O–H groups in total. The van der Waals surface area contributed by atoms with Crippen molar-refractivity contribution in [3.05, 3.63) is 114 Å². The number of allylic oxidation sites excluding steroid dienone is 1. The quantitative estimate of drug-likeness (QED) is 0.133. The highest BCUT2D eigenvalue weighted by molar-refractivity contribution is 6.86. The van der Waals surface area contributed by atoms with Crippen LogP contribution in [0.25, 0.3) is 0 Å². The Morgan fingerprint density at radius 1 is 0.884 bits per heavy atom. The third-order valence-corrected chi connectivity index (χ3v) is 7.88. The summed E-state index contributed by atoms with van der Waals surface area (Å²) in [4.78, 5) is 4.32. The molecule has 0 aliphatic heterocycles. The van der Waals surface area contributed by atoms with Crippen LogP contribution in [-0.4, -0.2) is 43.2 Å². The molecule has 4 rings (SSSR count). The summed E-state index contributed by atoms with van der Waals surface area (Å²) in [6.07, 6.45) is 10.3. The van der Waals surface area contributed by atoms with E-state index >= 15 is 0 Å². The Balaban J connectivity index is 0.000000236. The number of para-hydroxylation sites is 2. The van der Waals surface area contributed by atoms with E-state index in [-0.39, 0.29) is 12.8 Å². The van der Waals surface area contributed by atoms with E-state index < -0.39 is 0 Å². The van der Waals surface area contributed by atoms with Crippen LogP contribution in [0.15, 0.2) is 103 Å². The molecule has 3 aromatic carbocycles. The zero-order valence-electron chi connectivity index (χ0n) is 26.3. The minimum absolute atomic E-state index is 0.132. The van der Waals surface area contributed by atoms with Crippen LogP contribution in [0.4, 0.5) is 0 Å². The van der Waals surface area contributed by atoms with E-state index in [1.54, 1.807) is 19.8 Å². The largest absolute Gasteiger partial charge is 0.497 e. The van der Waals surface area contributed by atoms with Crippen molar-refractivity contribution in [2.24, 2.45) is 0 Å². The Kier molecular flexibility index (Phi) is 15.0. The Hall–Kier alpha value is -3.48. The molecule has 0 aliphatic rings. The standard InChI is InChI=1S/C19H28N2O.C17H18BClO2/c1-4-17(18-9-7-6-8-10-18)11-12-19-13-20-15-21(19)14-16(3)22-5-2;1-20-16-10-5-3-8-14(16)18(12-7-13-19)15-9-4-6-11-17(15)21-2/h6-10,13,15-17H,4-5,11-12,14H2,1-3H3;3-11,13H,12H2,1-2H3. The lowest BCUT2D eigenvalue weighted by atomic mass is 9.38. The molecule has 0 saturated carbocycles. The first-order valence-corrected chi connectivity index (χ1v) is 15.7. The van der Waals surface area contributed by atoms with Gasteiger partial charge >= 0.3 is 0 Å². The number of methoxy groups -OCH3 is 2. The van der Waals surface area contributed by atoms with Crippen molar-refractivity contribution in [1.82, 2.24) is 9.55 Å². The molecule has 0 fully saturated rings. The first-order valence-electron chi connectivity index (χ1n) is 15.2. The summed E-state index contributed by atoms with van der Waals surface area (Å²) in [5.41, 5.74) is 6.55. The van der Waals surface area contributed by atoms with Gasteiger partial charge in [-0.15, -0.1) is 0 Å². The number of rotatable bonds is 15. The summed E-state index contributed by atoms with van der Waals surface area (Å²) in [6, 6.07) is 26.9. The van der Waals surface area contributed by atoms with Gasteiger partial charge in [-0.3, -0.25) is 0 Å². The lowest BCUT2D eigenvalue weighted by Crippen LogP contribution is -2.42. The van der Waals surface area contributed by atoms with Gasteiger partial charge in [-0.05, 0) is 79.5 Å². The van der Waals surface area contributed by atoms with Crippen molar-refractivity contribution < 1.29 is 14.2 Å². The Bertz CT molecular complexity index is 1310. The molecule has 5 nitrogen and oxygen atoms in total. The summed E-state index contributed by atoms with van der Waals surface area (Å²) >= 11 is 5.72. The number of hydrogen-bond acceptors (Lipinski definition) is 4. The molecular weight excluding hydrogens is 555 g/mol. The number of aryl methyl sites for hydroxylation is 1.